The molecule has 1 aromatic rings. The van der Waals surface area contributed by atoms with E-state index in [4.69, 9.17) is 0 Å². The van der Waals surface area contributed by atoms with E-state index in [1.807, 2.05) is 0 Å². The van der Waals surface area contributed by atoms with Crippen molar-refractivity contribution in [2.75, 3.05) is 25.0 Å². The number of nitrogens with one attached hydrogen (secondary N) is 1. The maximum atomic E-state index is 13.2. The summed E-state index contributed by atoms with van der Waals surface area (Å²) in [5.74, 6) is 0.288. The zero-order chi connectivity index (χ0) is 13.1. The van der Waals surface area contributed by atoms with E-state index in [1.54, 1.807) is 31.0 Å². The Bertz CT molecular complexity index is 441. The van der Waals surface area contributed by atoms with Crippen molar-refractivity contribution in [3.63, 3.8) is 0 Å². The van der Waals surface area contributed by atoms with Gasteiger partial charge in [0.05, 0.1) is 0 Å². The minimum atomic E-state index is -0.236. The SMILES string of the molecule is Cc1cc(N(C)C(=O)CC2CCNC2)ccc1F. The summed E-state index contributed by atoms with van der Waals surface area (Å²) >= 11 is 0. The highest BCUT2D eigenvalue weighted by Gasteiger charge is 2.21. The van der Waals surface area contributed by atoms with Gasteiger partial charge < -0.3 is 10.2 Å². The van der Waals surface area contributed by atoms with E-state index in [0.717, 1.165) is 25.2 Å². The van der Waals surface area contributed by atoms with E-state index < -0.39 is 0 Å². The molecule has 98 valence electrons. The lowest BCUT2D eigenvalue weighted by Gasteiger charge is -2.19. The largest absolute Gasteiger partial charge is 0.316 e. The molecular formula is C14H19FN2O. The predicted molar refractivity (Wildman–Crippen MR) is 70.1 cm³/mol. The van der Waals surface area contributed by atoms with Crippen molar-refractivity contribution >= 4 is 11.6 Å². The Balaban J connectivity index is 2.02. The number of anilines is 1. The second-order valence-electron chi connectivity index (χ2n) is 4.95. The molecule has 18 heavy (non-hydrogen) atoms. The summed E-state index contributed by atoms with van der Waals surface area (Å²) in [6, 6.07) is 4.76. The van der Waals surface area contributed by atoms with Crippen LogP contribution in [0.5, 0.6) is 0 Å². The summed E-state index contributed by atoms with van der Waals surface area (Å²) in [6.07, 6.45) is 1.61. The van der Waals surface area contributed by atoms with Crippen molar-refractivity contribution in [2.45, 2.75) is 19.8 Å². The Kier molecular flexibility index (Phi) is 3.97. The Hall–Kier alpha value is -1.42. The lowest BCUT2D eigenvalue weighted by atomic mass is 10.0. The molecule has 1 unspecified atom stereocenters. The van der Waals surface area contributed by atoms with Gasteiger partial charge in [-0.05, 0) is 56.1 Å². The molecule has 0 aromatic heterocycles. The fraction of sp³-hybridized carbons (Fsp3) is 0.500. The maximum absolute atomic E-state index is 13.2. The second-order valence-corrected chi connectivity index (χ2v) is 4.95. The molecule has 1 aromatic carbocycles. The second kappa shape index (κ2) is 5.48. The van der Waals surface area contributed by atoms with Crippen LogP contribution in [-0.2, 0) is 4.79 Å². The fourth-order valence-electron chi connectivity index (χ4n) is 2.25. The predicted octanol–water partition coefficient (Wildman–Crippen LogP) is 2.10. The third-order valence-electron chi connectivity index (χ3n) is 3.53. The highest BCUT2D eigenvalue weighted by molar-refractivity contribution is 5.93. The third kappa shape index (κ3) is 2.88. The van der Waals surface area contributed by atoms with Crippen LogP contribution in [0.3, 0.4) is 0 Å². The van der Waals surface area contributed by atoms with Gasteiger partial charge in [0.2, 0.25) is 5.91 Å². The number of halogens is 1. The number of carbonyl (C=O) groups excluding carboxylic acids is 1. The monoisotopic (exact) mass is 250 g/mol. The van der Waals surface area contributed by atoms with E-state index >= 15 is 0 Å². The molecule has 1 aliphatic heterocycles. The topological polar surface area (TPSA) is 32.3 Å². The lowest BCUT2D eigenvalue weighted by molar-refractivity contribution is -0.119. The maximum Gasteiger partial charge on any atom is 0.227 e. The molecule has 1 fully saturated rings. The van der Waals surface area contributed by atoms with Crippen LogP contribution in [0.2, 0.25) is 0 Å². The summed E-state index contributed by atoms with van der Waals surface area (Å²) in [6.45, 7) is 3.62. The molecular weight excluding hydrogens is 231 g/mol. The molecule has 0 bridgehead atoms. The van der Waals surface area contributed by atoms with Crippen LogP contribution in [0.25, 0.3) is 0 Å². The van der Waals surface area contributed by atoms with Crippen molar-refractivity contribution in [2.24, 2.45) is 5.92 Å². The zero-order valence-corrected chi connectivity index (χ0v) is 10.9. The highest BCUT2D eigenvalue weighted by atomic mass is 19.1. The number of hydrogen-bond acceptors (Lipinski definition) is 2. The van der Waals surface area contributed by atoms with Gasteiger partial charge in [0, 0.05) is 19.2 Å². The average Bonchev–Trinajstić information content (AvgIpc) is 2.84. The number of benzene rings is 1. The van der Waals surface area contributed by atoms with E-state index in [2.05, 4.69) is 5.32 Å². The summed E-state index contributed by atoms with van der Waals surface area (Å²) in [5.41, 5.74) is 1.32. The molecule has 0 radical (unpaired) electrons. The normalized spacial score (nSPS) is 18.9. The van der Waals surface area contributed by atoms with E-state index in [0.29, 0.717) is 17.9 Å². The van der Waals surface area contributed by atoms with Crippen LogP contribution >= 0.6 is 0 Å². The molecule has 0 aliphatic carbocycles. The molecule has 1 amide bonds. The molecule has 1 N–H and O–H groups in total. The first-order chi connectivity index (χ1) is 8.58. The number of nitrogens with zero attached hydrogens (tertiary/aromatic N) is 1. The zero-order valence-electron chi connectivity index (χ0n) is 10.9. The summed E-state index contributed by atoms with van der Waals surface area (Å²) in [5, 5.41) is 3.25. The van der Waals surface area contributed by atoms with Crippen molar-refractivity contribution in [1.82, 2.24) is 5.32 Å². The first-order valence-corrected chi connectivity index (χ1v) is 6.31. The molecule has 2 rings (SSSR count). The first kappa shape index (κ1) is 13.0. The van der Waals surface area contributed by atoms with Crippen LogP contribution in [0, 0.1) is 18.7 Å². The van der Waals surface area contributed by atoms with Gasteiger partial charge in [-0.15, -0.1) is 0 Å². The Morgan fingerprint density at radius 1 is 1.56 bits per heavy atom. The molecule has 1 aliphatic rings. The van der Waals surface area contributed by atoms with Crippen LogP contribution in [0.15, 0.2) is 18.2 Å². The third-order valence-corrected chi connectivity index (χ3v) is 3.53. The molecule has 3 nitrogen and oxygen atoms in total. The number of hydrogen-bond donors (Lipinski definition) is 1. The minimum absolute atomic E-state index is 0.0923. The summed E-state index contributed by atoms with van der Waals surface area (Å²) in [7, 11) is 1.75. The van der Waals surface area contributed by atoms with Crippen LogP contribution in [0.4, 0.5) is 10.1 Å². The van der Waals surface area contributed by atoms with Crippen molar-refractivity contribution in [1.29, 1.82) is 0 Å². The quantitative estimate of drug-likeness (QED) is 0.891. The Labute approximate surface area is 107 Å². The lowest BCUT2D eigenvalue weighted by Crippen LogP contribution is -2.28. The van der Waals surface area contributed by atoms with Gasteiger partial charge in [0.1, 0.15) is 5.82 Å². The minimum Gasteiger partial charge on any atom is -0.316 e. The number of amides is 1. The van der Waals surface area contributed by atoms with Gasteiger partial charge in [0.25, 0.3) is 0 Å². The van der Waals surface area contributed by atoms with E-state index in [-0.39, 0.29) is 11.7 Å². The van der Waals surface area contributed by atoms with Gasteiger partial charge >= 0.3 is 0 Å². The average molecular weight is 250 g/mol. The Morgan fingerprint density at radius 2 is 2.33 bits per heavy atom. The molecule has 1 heterocycles. The van der Waals surface area contributed by atoms with Gasteiger partial charge in [-0.25, -0.2) is 4.39 Å². The molecule has 1 saturated heterocycles. The highest BCUT2D eigenvalue weighted by Crippen LogP contribution is 2.20. The number of aryl methyl sites for hydroxylation is 1. The molecule has 0 spiro atoms. The van der Waals surface area contributed by atoms with Gasteiger partial charge in [-0.1, -0.05) is 0 Å². The van der Waals surface area contributed by atoms with Crippen molar-refractivity contribution < 1.29 is 9.18 Å². The van der Waals surface area contributed by atoms with Gasteiger partial charge in [-0.2, -0.15) is 0 Å². The standard InChI is InChI=1S/C14H19FN2O/c1-10-7-12(3-4-13(10)15)17(2)14(18)8-11-5-6-16-9-11/h3-4,7,11,16H,5-6,8-9H2,1-2H3. The van der Waals surface area contributed by atoms with Crippen molar-refractivity contribution in [3.05, 3.63) is 29.6 Å². The molecule has 1 atom stereocenters. The first-order valence-electron chi connectivity index (χ1n) is 6.31. The smallest absolute Gasteiger partial charge is 0.227 e. The van der Waals surface area contributed by atoms with Crippen LogP contribution in [-0.4, -0.2) is 26.0 Å². The number of carbonyl (C=O) groups is 1. The summed E-state index contributed by atoms with van der Waals surface area (Å²) < 4.78 is 13.2. The van der Waals surface area contributed by atoms with Gasteiger partial charge in [-0.3, -0.25) is 4.79 Å². The van der Waals surface area contributed by atoms with Crippen LogP contribution in [0.1, 0.15) is 18.4 Å². The summed E-state index contributed by atoms with van der Waals surface area (Å²) in [4.78, 5) is 13.7. The molecule has 4 heteroatoms. The van der Waals surface area contributed by atoms with Gasteiger partial charge in [0.15, 0.2) is 0 Å². The van der Waals surface area contributed by atoms with Crippen molar-refractivity contribution in [3.8, 4) is 0 Å². The van der Waals surface area contributed by atoms with E-state index in [1.165, 1.54) is 6.07 Å². The van der Waals surface area contributed by atoms with E-state index in [9.17, 15) is 9.18 Å². The fourth-order valence-corrected chi connectivity index (χ4v) is 2.25. The molecule has 0 saturated carbocycles. The number of rotatable bonds is 3. The Morgan fingerprint density at radius 3 is 2.94 bits per heavy atom. The van der Waals surface area contributed by atoms with Crippen LogP contribution < -0.4 is 10.2 Å².